The Morgan fingerprint density at radius 2 is 1.55 bits per heavy atom. The quantitative estimate of drug-likeness (QED) is 0.226. The third-order valence-electron chi connectivity index (χ3n) is 6.62. The van der Waals surface area contributed by atoms with Crippen molar-refractivity contribution < 1.29 is 24.3 Å². The number of nitrogens with one attached hydrogen (secondary N) is 2. The first-order valence-corrected chi connectivity index (χ1v) is 12.6. The van der Waals surface area contributed by atoms with Crippen LogP contribution >= 0.6 is 0 Å². The number of nitrogen functional groups attached to an aromatic ring is 1. The number of nitrogens with zero attached hydrogens (tertiary/aromatic N) is 1. The summed E-state index contributed by atoms with van der Waals surface area (Å²) in [6, 6.07) is 16.1. The number of carbonyl (C=O) groups is 4. The number of benzene rings is 3. The summed E-state index contributed by atoms with van der Waals surface area (Å²) in [5, 5.41) is 17.4. The second-order valence-electron chi connectivity index (χ2n) is 10.00. The Balaban J connectivity index is 1.43. The molecule has 2 atom stereocenters. The summed E-state index contributed by atoms with van der Waals surface area (Å²) in [5.41, 5.74) is 7.84. The highest BCUT2D eigenvalue weighted by atomic mass is 16.4. The summed E-state index contributed by atoms with van der Waals surface area (Å²) in [4.78, 5) is 52.2. The van der Waals surface area contributed by atoms with Crippen LogP contribution in [-0.2, 0) is 16.1 Å². The molecule has 1 aliphatic rings. The van der Waals surface area contributed by atoms with E-state index in [-0.39, 0.29) is 31.3 Å². The van der Waals surface area contributed by atoms with Gasteiger partial charge in [0.25, 0.3) is 11.8 Å². The molecule has 1 heterocycles. The lowest BCUT2D eigenvalue weighted by Crippen LogP contribution is -2.52. The number of aliphatic carboxylic acids is 1. The molecular weight excluding hydrogens is 484 g/mol. The van der Waals surface area contributed by atoms with Gasteiger partial charge in [-0.15, -0.1) is 0 Å². The minimum atomic E-state index is -1.16. The molecule has 0 bridgehead atoms. The zero-order valence-electron chi connectivity index (χ0n) is 21.4. The van der Waals surface area contributed by atoms with Gasteiger partial charge >= 0.3 is 5.97 Å². The highest BCUT2D eigenvalue weighted by Gasteiger charge is 2.37. The Labute approximate surface area is 221 Å². The lowest BCUT2D eigenvalue weighted by atomic mass is 10.0. The number of carbonyl (C=O) groups excluding carboxylic acids is 3. The molecule has 198 valence electrons. The largest absolute Gasteiger partial charge is 0.480 e. The number of nitrogens with two attached hydrogens (primary N) is 1. The van der Waals surface area contributed by atoms with Gasteiger partial charge in [0, 0.05) is 18.8 Å². The molecule has 0 fully saturated rings. The Morgan fingerprint density at radius 3 is 2.11 bits per heavy atom. The first-order valence-electron chi connectivity index (χ1n) is 12.6. The number of carboxylic acids is 1. The number of hydrogen-bond donors (Lipinski definition) is 4. The molecule has 3 aromatic rings. The average molecular weight is 517 g/mol. The van der Waals surface area contributed by atoms with Crippen molar-refractivity contribution in [2.45, 2.75) is 45.3 Å². The molecule has 5 N–H and O–H groups in total. The van der Waals surface area contributed by atoms with Gasteiger partial charge in [0.05, 0.1) is 17.2 Å². The normalized spacial score (nSPS) is 14.6. The highest BCUT2D eigenvalue weighted by Crippen LogP contribution is 2.28. The van der Waals surface area contributed by atoms with Crippen molar-refractivity contribution in [3.8, 4) is 0 Å². The molecule has 0 radical (unpaired) electrons. The minimum absolute atomic E-state index is 0.0442. The van der Waals surface area contributed by atoms with Crippen molar-refractivity contribution in [2.24, 2.45) is 5.92 Å². The molecule has 3 amide bonds. The fourth-order valence-corrected chi connectivity index (χ4v) is 4.70. The molecule has 1 unspecified atom stereocenters. The van der Waals surface area contributed by atoms with Crippen LogP contribution < -0.4 is 16.4 Å². The van der Waals surface area contributed by atoms with Crippen LogP contribution in [0.25, 0.3) is 10.8 Å². The molecular formula is C29H32N4O5. The van der Waals surface area contributed by atoms with E-state index in [1.165, 1.54) is 0 Å². The predicted octanol–water partition coefficient (Wildman–Crippen LogP) is 3.18. The third kappa shape index (κ3) is 6.00. The lowest BCUT2D eigenvalue weighted by Gasteiger charge is -2.25. The SMILES string of the molecule is CC(C)C[C@@H](NC(CCN1C(=O)c2cc3ccccc3cc2C1=O)C(=O)O)C(=O)NCc1cccc(N)c1. The van der Waals surface area contributed by atoms with Crippen molar-refractivity contribution in [1.82, 2.24) is 15.5 Å². The second-order valence-corrected chi connectivity index (χ2v) is 10.00. The number of anilines is 1. The molecule has 0 spiro atoms. The number of imide groups is 1. The van der Waals surface area contributed by atoms with Crippen molar-refractivity contribution in [3.63, 3.8) is 0 Å². The molecule has 9 nitrogen and oxygen atoms in total. The Morgan fingerprint density at radius 1 is 0.921 bits per heavy atom. The zero-order valence-corrected chi connectivity index (χ0v) is 21.4. The van der Waals surface area contributed by atoms with E-state index in [2.05, 4.69) is 10.6 Å². The average Bonchev–Trinajstić information content (AvgIpc) is 3.11. The number of hydrogen-bond acceptors (Lipinski definition) is 6. The van der Waals surface area contributed by atoms with Gasteiger partial charge in [-0.05, 0) is 59.4 Å². The van der Waals surface area contributed by atoms with Gasteiger partial charge in [0.2, 0.25) is 5.91 Å². The van der Waals surface area contributed by atoms with E-state index in [1.54, 1.807) is 30.3 Å². The van der Waals surface area contributed by atoms with Crippen molar-refractivity contribution in [1.29, 1.82) is 0 Å². The molecule has 4 rings (SSSR count). The van der Waals surface area contributed by atoms with Crippen molar-refractivity contribution in [3.05, 3.63) is 77.4 Å². The van der Waals surface area contributed by atoms with Crippen LogP contribution in [0.1, 0.15) is 53.0 Å². The maximum absolute atomic E-state index is 13.0. The van der Waals surface area contributed by atoms with Gasteiger partial charge in [0.15, 0.2) is 0 Å². The standard InChI is InChI=1S/C29H32N4O5/c1-17(2)12-25(26(34)31-16-18-6-5-9-21(30)13-18)32-24(29(37)38)10-11-33-27(35)22-14-19-7-3-4-8-20(19)15-23(22)28(33)36/h3-9,13-15,17,24-25,32H,10-12,16,30H2,1-2H3,(H,31,34)(H,37,38)/t24?,25-/m1/s1. The van der Waals surface area contributed by atoms with E-state index in [0.29, 0.717) is 23.2 Å². The van der Waals surface area contributed by atoms with E-state index < -0.39 is 29.9 Å². The van der Waals surface area contributed by atoms with Gasteiger partial charge in [0.1, 0.15) is 6.04 Å². The molecule has 0 saturated heterocycles. The molecule has 38 heavy (non-hydrogen) atoms. The van der Waals surface area contributed by atoms with E-state index in [9.17, 15) is 24.3 Å². The van der Waals surface area contributed by atoms with E-state index in [0.717, 1.165) is 21.2 Å². The van der Waals surface area contributed by atoms with Crippen LogP contribution in [0.3, 0.4) is 0 Å². The third-order valence-corrected chi connectivity index (χ3v) is 6.62. The topological polar surface area (TPSA) is 142 Å². The first kappa shape index (κ1) is 26.8. The molecule has 9 heteroatoms. The van der Waals surface area contributed by atoms with E-state index in [4.69, 9.17) is 5.73 Å². The molecule has 0 aromatic heterocycles. The summed E-state index contributed by atoms with van der Waals surface area (Å²) < 4.78 is 0. The molecule has 1 aliphatic heterocycles. The molecule has 0 saturated carbocycles. The Bertz CT molecular complexity index is 1330. The maximum Gasteiger partial charge on any atom is 0.320 e. The molecule has 0 aliphatic carbocycles. The van der Waals surface area contributed by atoms with Gasteiger partial charge in [-0.3, -0.25) is 29.4 Å². The fourth-order valence-electron chi connectivity index (χ4n) is 4.70. The first-order chi connectivity index (χ1) is 18.1. The Kier molecular flexibility index (Phi) is 8.07. The molecule has 3 aromatic carbocycles. The summed E-state index contributed by atoms with van der Waals surface area (Å²) in [6.07, 6.45) is 0.365. The Hall–Kier alpha value is -4.24. The summed E-state index contributed by atoms with van der Waals surface area (Å²) in [7, 11) is 0. The van der Waals surface area contributed by atoms with Crippen LogP contribution in [0.5, 0.6) is 0 Å². The van der Waals surface area contributed by atoms with Crippen LogP contribution in [0.4, 0.5) is 5.69 Å². The highest BCUT2D eigenvalue weighted by molar-refractivity contribution is 6.23. The maximum atomic E-state index is 13.0. The van der Waals surface area contributed by atoms with Crippen LogP contribution in [0, 0.1) is 5.92 Å². The zero-order chi connectivity index (χ0) is 27.4. The number of rotatable bonds is 11. The number of fused-ring (bicyclic) bond motifs is 2. The van der Waals surface area contributed by atoms with Crippen LogP contribution in [-0.4, -0.2) is 52.3 Å². The summed E-state index contributed by atoms with van der Waals surface area (Å²) >= 11 is 0. The van der Waals surface area contributed by atoms with Crippen molar-refractivity contribution in [2.75, 3.05) is 12.3 Å². The van der Waals surface area contributed by atoms with Gasteiger partial charge in [-0.2, -0.15) is 0 Å². The monoisotopic (exact) mass is 516 g/mol. The van der Waals surface area contributed by atoms with E-state index in [1.807, 2.05) is 44.2 Å². The fraction of sp³-hybridized carbons (Fsp3) is 0.310. The van der Waals surface area contributed by atoms with Gasteiger partial charge in [-0.25, -0.2) is 0 Å². The smallest absolute Gasteiger partial charge is 0.320 e. The second kappa shape index (κ2) is 11.4. The minimum Gasteiger partial charge on any atom is -0.480 e. The van der Waals surface area contributed by atoms with E-state index >= 15 is 0 Å². The van der Waals surface area contributed by atoms with Crippen molar-refractivity contribution >= 4 is 40.2 Å². The van der Waals surface area contributed by atoms with Crippen LogP contribution in [0.15, 0.2) is 60.7 Å². The lowest BCUT2D eigenvalue weighted by molar-refractivity contribution is -0.140. The van der Waals surface area contributed by atoms with Crippen LogP contribution in [0.2, 0.25) is 0 Å². The summed E-state index contributed by atoms with van der Waals surface area (Å²) in [6.45, 7) is 4.05. The van der Waals surface area contributed by atoms with Gasteiger partial charge in [-0.1, -0.05) is 50.2 Å². The summed E-state index contributed by atoms with van der Waals surface area (Å²) in [5.74, 6) is -2.27. The van der Waals surface area contributed by atoms with Gasteiger partial charge < -0.3 is 16.2 Å². The predicted molar refractivity (Wildman–Crippen MR) is 144 cm³/mol. The number of amides is 3. The number of carboxylic acid groups (broad SMARTS) is 1.